The minimum absolute atomic E-state index is 0.0914. The second-order valence-corrected chi connectivity index (χ2v) is 6.10. The van der Waals surface area contributed by atoms with Crippen molar-refractivity contribution in [1.82, 2.24) is 25.5 Å². The third-order valence-electron chi connectivity index (χ3n) is 3.85. The molecule has 8 nitrogen and oxygen atoms in total. The van der Waals surface area contributed by atoms with E-state index in [0.29, 0.717) is 17.1 Å². The molecule has 146 valence electrons. The standard InChI is InChI=1S/C18H17F2N5O3/c1-10(9-26)21-18(27)28-15-6-12(16-4-3-13(19)7-17(16)20)5-14(8-15)25-11(2)22-23-24-25/h3-8,10,26H,9H2,1-2H3,(H,21,27)/t10-/m0/s1. The molecule has 0 aliphatic rings. The summed E-state index contributed by atoms with van der Waals surface area (Å²) in [7, 11) is 0. The van der Waals surface area contributed by atoms with Gasteiger partial charge < -0.3 is 15.2 Å². The molecule has 0 saturated carbocycles. The average Bonchev–Trinajstić information content (AvgIpc) is 3.07. The molecule has 1 atom stereocenters. The first-order valence-electron chi connectivity index (χ1n) is 8.32. The van der Waals surface area contributed by atoms with E-state index in [1.54, 1.807) is 19.9 Å². The van der Waals surface area contributed by atoms with Crippen LogP contribution in [0.4, 0.5) is 13.6 Å². The summed E-state index contributed by atoms with van der Waals surface area (Å²) in [6.07, 6.45) is -0.794. The lowest BCUT2D eigenvalue weighted by Crippen LogP contribution is -2.37. The molecule has 28 heavy (non-hydrogen) atoms. The van der Waals surface area contributed by atoms with Gasteiger partial charge in [0.2, 0.25) is 0 Å². The topological polar surface area (TPSA) is 102 Å². The molecular formula is C18H17F2N5O3. The molecular weight excluding hydrogens is 372 g/mol. The molecule has 0 bridgehead atoms. The van der Waals surface area contributed by atoms with Gasteiger partial charge >= 0.3 is 6.09 Å². The van der Waals surface area contributed by atoms with Gasteiger partial charge in [-0.3, -0.25) is 0 Å². The fraction of sp³-hybridized carbons (Fsp3) is 0.222. The lowest BCUT2D eigenvalue weighted by Gasteiger charge is -2.13. The molecule has 1 amide bonds. The van der Waals surface area contributed by atoms with Crippen LogP contribution in [0.3, 0.4) is 0 Å². The van der Waals surface area contributed by atoms with E-state index in [2.05, 4.69) is 20.8 Å². The molecule has 3 rings (SSSR count). The van der Waals surface area contributed by atoms with Crippen LogP contribution in [0.2, 0.25) is 0 Å². The first kappa shape index (κ1) is 19.4. The number of halogens is 2. The molecule has 0 radical (unpaired) electrons. The third-order valence-corrected chi connectivity index (χ3v) is 3.85. The number of aryl methyl sites for hydroxylation is 1. The molecule has 1 aromatic heterocycles. The number of carbonyl (C=O) groups excluding carboxylic acids is 1. The second kappa shape index (κ2) is 8.09. The van der Waals surface area contributed by atoms with Crippen LogP contribution in [0.25, 0.3) is 16.8 Å². The molecule has 0 aliphatic carbocycles. The van der Waals surface area contributed by atoms with E-state index >= 15 is 0 Å². The van der Waals surface area contributed by atoms with Gasteiger partial charge in [-0.05, 0) is 54.1 Å². The molecule has 2 N–H and O–H groups in total. The van der Waals surface area contributed by atoms with Gasteiger partial charge in [-0.2, -0.15) is 4.68 Å². The molecule has 2 aromatic carbocycles. The minimum atomic E-state index is -0.794. The van der Waals surface area contributed by atoms with Crippen molar-refractivity contribution in [3.05, 3.63) is 53.9 Å². The highest BCUT2D eigenvalue weighted by Gasteiger charge is 2.15. The Labute approximate surface area is 158 Å². The number of aliphatic hydroxyl groups excluding tert-OH is 1. The van der Waals surface area contributed by atoms with E-state index in [0.717, 1.165) is 12.1 Å². The fourth-order valence-electron chi connectivity index (χ4n) is 2.50. The van der Waals surface area contributed by atoms with Crippen LogP contribution in [0, 0.1) is 18.6 Å². The van der Waals surface area contributed by atoms with Crippen molar-refractivity contribution in [2.75, 3.05) is 6.61 Å². The highest BCUT2D eigenvalue weighted by Crippen LogP contribution is 2.30. The van der Waals surface area contributed by atoms with Crippen LogP contribution < -0.4 is 10.1 Å². The molecule has 0 unspecified atom stereocenters. The summed E-state index contributed by atoms with van der Waals surface area (Å²) in [6, 6.07) is 7.19. The van der Waals surface area contributed by atoms with E-state index < -0.39 is 23.8 Å². The van der Waals surface area contributed by atoms with Gasteiger partial charge in [0.05, 0.1) is 18.3 Å². The number of rotatable bonds is 5. The van der Waals surface area contributed by atoms with Crippen molar-refractivity contribution in [3.8, 4) is 22.6 Å². The number of ether oxygens (including phenoxy) is 1. The zero-order chi connectivity index (χ0) is 20.3. The highest BCUT2D eigenvalue weighted by atomic mass is 19.1. The summed E-state index contributed by atoms with van der Waals surface area (Å²) in [6.45, 7) is 3.01. The summed E-state index contributed by atoms with van der Waals surface area (Å²) in [5.41, 5.74) is 0.868. The Bertz CT molecular complexity index is 1010. The second-order valence-electron chi connectivity index (χ2n) is 6.10. The average molecular weight is 389 g/mol. The van der Waals surface area contributed by atoms with Crippen LogP contribution in [0.5, 0.6) is 5.75 Å². The maximum Gasteiger partial charge on any atom is 0.412 e. The van der Waals surface area contributed by atoms with Crippen molar-refractivity contribution in [2.45, 2.75) is 19.9 Å². The zero-order valence-corrected chi connectivity index (χ0v) is 15.1. The number of amides is 1. The summed E-state index contributed by atoms with van der Waals surface area (Å²) in [4.78, 5) is 12.0. The number of hydrogen-bond acceptors (Lipinski definition) is 6. The molecule has 0 spiro atoms. The van der Waals surface area contributed by atoms with Crippen LogP contribution in [-0.2, 0) is 0 Å². The largest absolute Gasteiger partial charge is 0.412 e. The number of aliphatic hydroxyl groups is 1. The van der Waals surface area contributed by atoms with Crippen LogP contribution in [0.15, 0.2) is 36.4 Å². The quantitative estimate of drug-likeness (QED) is 0.695. The van der Waals surface area contributed by atoms with Gasteiger partial charge in [-0.1, -0.05) is 0 Å². The van der Waals surface area contributed by atoms with Gasteiger partial charge in [-0.15, -0.1) is 5.10 Å². The molecule has 3 aromatic rings. The van der Waals surface area contributed by atoms with Gasteiger partial charge in [0.1, 0.15) is 17.4 Å². The monoisotopic (exact) mass is 389 g/mol. The molecule has 0 saturated heterocycles. The first-order valence-corrected chi connectivity index (χ1v) is 8.32. The van der Waals surface area contributed by atoms with Crippen LogP contribution >= 0.6 is 0 Å². The Morgan fingerprint density at radius 3 is 2.71 bits per heavy atom. The van der Waals surface area contributed by atoms with Gasteiger partial charge in [0.15, 0.2) is 5.82 Å². The Hall–Kier alpha value is -3.40. The van der Waals surface area contributed by atoms with E-state index in [4.69, 9.17) is 9.84 Å². The number of tetrazole rings is 1. The number of nitrogens with one attached hydrogen (secondary N) is 1. The first-order chi connectivity index (χ1) is 13.4. The normalized spacial score (nSPS) is 11.9. The minimum Gasteiger partial charge on any atom is -0.410 e. The lowest BCUT2D eigenvalue weighted by atomic mass is 10.0. The predicted octanol–water partition coefficient (Wildman–Crippen LogP) is 2.39. The Morgan fingerprint density at radius 2 is 2.07 bits per heavy atom. The van der Waals surface area contributed by atoms with E-state index in [1.807, 2.05) is 0 Å². The Kier molecular flexibility index (Phi) is 5.59. The van der Waals surface area contributed by atoms with Gasteiger partial charge in [-0.25, -0.2) is 13.6 Å². The maximum atomic E-state index is 14.3. The Morgan fingerprint density at radius 1 is 1.29 bits per heavy atom. The number of benzene rings is 2. The van der Waals surface area contributed by atoms with E-state index in [9.17, 15) is 13.6 Å². The molecule has 0 fully saturated rings. The lowest BCUT2D eigenvalue weighted by molar-refractivity contribution is 0.186. The van der Waals surface area contributed by atoms with Crippen molar-refractivity contribution < 1.29 is 23.4 Å². The smallest absolute Gasteiger partial charge is 0.410 e. The summed E-state index contributed by atoms with van der Waals surface area (Å²) in [5.74, 6) is -0.924. The van der Waals surface area contributed by atoms with Gasteiger partial charge in [0, 0.05) is 17.7 Å². The van der Waals surface area contributed by atoms with Crippen LogP contribution in [0.1, 0.15) is 12.7 Å². The highest BCUT2D eigenvalue weighted by molar-refractivity contribution is 5.74. The Balaban J connectivity index is 2.04. The summed E-state index contributed by atoms with van der Waals surface area (Å²) >= 11 is 0. The maximum absolute atomic E-state index is 14.3. The van der Waals surface area contributed by atoms with Gasteiger partial charge in [0.25, 0.3) is 0 Å². The van der Waals surface area contributed by atoms with Crippen LogP contribution in [-0.4, -0.2) is 44.1 Å². The number of aromatic nitrogens is 4. The summed E-state index contributed by atoms with van der Waals surface area (Å²) in [5, 5.41) is 22.7. The molecule has 1 heterocycles. The van der Waals surface area contributed by atoms with Crippen molar-refractivity contribution in [3.63, 3.8) is 0 Å². The fourth-order valence-corrected chi connectivity index (χ4v) is 2.50. The molecule has 10 heteroatoms. The predicted molar refractivity (Wildman–Crippen MR) is 95.0 cm³/mol. The van der Waals surface area contributed by atoms with E-state index in [-0.39, 0.29) is 17.9 Å². The molecule has 0 aliphatic heterocycles. The van der Waals surface area contributed by atoms with Crippen molar-refractivity contribution in [1.29, 1.82) is 0 Å². The number of nitrogens with zero attached hydrogens (tertiary/aromatic N) is 4. The SMILES string of the molecule is Cc1nnnn1-c1cc(OC(=O)N[C@@H](C)CO)cc(-c2ccc(F)cc2F)c1. The number of hydrogen-bond donors (Lipinski definition) is 2. The summed E-state index contributed by atoms with van der Waals surface area (Å²) < 4.78 is 34.2. The zero-order valence-electron chi connectivity index (χ0n) is 15.1. The number of carbonyl (C=O) groups is 1. The third kappa shape index (κ3) is 4.29. The van der Waals surface area contributed by atoms with E-state index in [1.165, 1.54) is 22.9 Å². The van der Waals surface area contributed by atoms with Crippen molar-refractivity contribution in [2.24, 2.45) is 0 Å². The van der Waals surface area contributed by atoms with Crippen molar-refractivity contribution >= 4 is 6.09 Å².